The smallest absolute Gasteiger partial charge is 0.145 e. The van der Waals surface area contributed by atoms with E-state index in [0.717, 1.165) is 66.8 Å². The van der Waals surface area contributed by atoms with Gasteiger partial charge in [0.05, 0.1) is 11.1 Å². The largest absolute Gasteiger partial charge is 0.455 e. The van der Waals surface area contributed by atoms with Gasteiger partial charge in [0.1, 0.15) is 11.2 Å². The van der Waals surface area contributed by atoms with E-state index in [1.807, 2.05) is 0 Å². The fourth-order valence-electron chi connectivity index (χ4n) is 9.42. The normalized spacial score (nSPS) is 11.5. The molecule has 0 saturated carbocycles. The first kappa shape index (κ1) is 35.7. The van der Waals surface area contributed by atoms with E-state index >= 15 is 0 Å². The van der Waals surface area contributed by atoms with Crippen molar-refractivity contribution in [2.24, 2.45) is 0 Å². The summed E-state index contributed by atoms with van der Waals surface area (Å²) < 4.78 is 7.01. The zero-order valence-corrected chi connectivity index (χ0v) is 33.9. The monoisotopic (exact) mass is 789 g/mol. The van der Waals surface area contributed by atoms with Crippen LogP contribution in [0.4, 0.5) is 17.1 Å². The highest BCUT2D eigenvalue weighted by Crippen LogP contribution is 2.48. The maximum atomic E-state index is 7.01. The van der Waals surface area contributed by atoms with Crippen LogP contribution in [0.2, 0.25) is 0 Å². The molecular formula is C60H39NO. The first-order valence-corrected chi connectivity index (χ1v) is 21.2. The highest BCUT2D eigenvalue weighted by molar-refractivity contribution is 6.21. The number of anilines is 3. The van der Waals surface area contributed by atoms with Crippen molar-refractivity contribution < 1.29 is 4.42 Å². The molecule has 0 bridgehead atoms. The van der Waals surface area contributed by atoms with Crippen LogP contribution in [0.25, 0.3) is 98.8 Å². The Bertz CT molecular complexity index is 3640. The van der Waals surface area contributed by atoms with Crippen LogP contribution in [-0.2, 0) is 0 Å². The van der Waals surface area contributed by atoms with Crippen LogP contribution in [-0.4, -0.2) is 0 Å². The van der Waals surface area contributed by atoms with Crippen molar-refractivity contribution in [2.45, 2.75) is 0 Å². The van der Waals surface area contributed by atoms with Crippen molar-refractivity contribution in [1.29, 1.82) is 0 Å². The summed E-state index contributed by atoms with van der Waals surface area (Å²) in [6, 6.07) is 85.4. The van der Waals surface area contributed by atoms with Gasteiger partial charge in [-0.15, -0.1) is 0 Å². The van der Waals surface area contributed by atoms with Crippen LogP contribution in [0, 0.1) is 0 Å². The summed E-state index contributed by atoms with van der Waals surface area (Å²) in [5, 5.41) is 9.49. The van der Waals surface area contributed by atoms with Gasteiger partial charge < -0.3 is 9.32 Å². The lowest BCUT2D eigenvalue weighted by Gasteiger charge is -2.28. The molecule has 0 radical (unpaired) electrons. The molecule has 0 aliphatic rings. The molecule has 0 amide bonds. The van der Waals surface area contributed by atoms with Gasteiger partial charge in [-0.2, -0.15) is 0 Å². The highest BCUT2D eigenvalue weighted by atomic mass is 16.3. The van der Waals surface area contributed by atoms with E-state index in [9.17, 15) is 0 Å². The third kappa shape index (κ3) is 6.12. The van der Waals surface area contributed by atoms with Crippen LogP contribution in [0.3, 0.4) is 0 Å². The predicted octanol–water partition coefficient (Wildman–Crippen LogP) is 17.2. The molecular weight excluding hydrogens is 751 g/mol. The van der Waals surface area contributed by atoms with Crippen molar-refractivity contribution in [1.82, 2.24) is 0 Å². The summed E-state index contributed by atoms with van der Waals surface area (Å²) >= 11 is 0. The molecule has 1 heterocycles. The molecule has 0 N–H and O–H groups in total. The third-order valence-corrected chi connectivity index (χ3v) is 12.4. The summed E-state index contributed by atoms with van der Waals surface area (Å²) in [5.74, 6) is 0. The second-order valence-corrected chi connectivity index (χ2v) is 16.1. The van der Waals surface area contributed by atoms with E-state index in [2.05, 4.69) is 241 Å². The lowest BCUT2D eigenvalue weighted by Crippen LogP contribution is -2.11. The molecule has 0 unspecified atom stereocenters. The van der Waals surface area contributed by atoms with E-state index in [-0.39, 0.29) is 0 Å². The summed E-state index contributed by atoms with van der Waals surface area (Å²) in [5.41, 5.74) is 14.2. The van der Waals surface area contributed by atoms with Crippen molar-refractivity contribution in [3.8, 4) is 44.5 Å². The first-order valence-electron chi connectivity index (χ1n) is 21.2. The lowest BCUT2D eigenvalue weighted by molar-refractivity contribution is 0.670. The van der Waals surface area contributed by atoms with Crippen LogP contribution in [0.1, 0.15) is 0 Å². The Balaban J connectivity index is 1.08. The van der Waals surface area contributed by atoms with Gasteiger partial charge in [0, 0.05) is 22.3 Å². The number of hydrogen-bond donors (Lipinski definition) is 0. The fourth-order valence-corrected chi connectivity index (χ4v) is 9.42. The SMILES string of the molecule is c1ccc(-c2ccc(-c3cccc(N(c4cccc(-c5ccc6ccccc6c5)c4)c4ccc(-c5cc6ccccc6c6ccccc56)c5oc6ccccc6c45)c3)cc2)cc1. The average Bonchev–Trinajstić information content (AvgIpc) is 3.74. The first-order chi connectivity index (χ1) is 30.7. The van der Waals surface area contributed by atoms with Crippen LogP contribution in [0.5, 0.6) is 0 Å². The molecule has 12 aromatic rings. The number of hydrogen-bond acceptors (Lipinski definition) is 2. The van der Waals surface area contributed by atoms with Gasteiger partial charge in [0.25, 0.3) is 0 Å². The van der Waals surface area contributed by atoms with E-state index in [1.165, 1.54) is 49.0 Å². The maximum absolute atomic E-state index is 7.01. The van der Waals surface area contributed by atoms with Gasteiger partial charge in [-0.1, -0.05) is 182 Å². The highest BCUT2D eigenvalue weighted by Gasteiger charge is 2.24. The van der Waals surface area contributed by atoms with Crippen LogP contribution in [0.15, 0.2) is 241 Å². The summed E-state index contributed by atoms with van der Waals surface area (Å²) in [4.78, 5) is 2.42. The zero-order chi connectivity index (χ0) is 41.0. The number of furan rings is 1. The average molecular weight is 790 g/mol. The Hall–Kier alpha value is -8.20. The second kappa shape index (κ2) is 14.8. The number of fused-ring (bicyclic) bond motifs is 7. The third-order valence-electron chi connectivity index (χ3n) is 12.4. The maximum Gasteiger partial charge on any atom is 0.145 e. The van der Waals surface area contributed by atoms with Crippen LogP contribution < -0.4 is 4.90 Å². The molecule has 2 nitrogen and oxygen atoms in total. The quantitative estimate of drug-likeness (QED) is 0.150. The summed E-state index contributed by atoms with van der Waals surface area (Å²) in [6.45, 7) is 0. The molecule has 0 saturated heterocycles. The molecule has 1 aromatic heterocycles. The topological polar surface area (TPSA) is 16.4 Å². The Kier molecular flexibility index (Phi) is 8.53. The van der Waals surface area contributed by atoms with Gasteiger partial charge >= 0.3 is 0 Å². The molecule has 2 heteroatoms. The van der Waals surface area contributed by atoms with Crippen molar-refractivity contribution in [2.75, 3.05) is 4.90 Å². The molecule has 0 fully saturated rings. The minimum atomic E-state index is 0.860. The molecule has 290 valence electrons. The second-order valence-electron chi connectivity index (χ2n) is 16.1. The Morgan fingerprint density at radius 3 is 1.58 bits per heavy atom. The van der Waals surface area contributed by atoms with Gasteiger partial charge in [-0.05, 0) is 126 Å². The van der Waals surface area contributed by atoms with E-state index < -0.39 is 0 Å². The molecule has 12 rings (SSSR count). The fraction of sp³-hybridized carbons (Fsp3) is 0. The van der Waals surface area contributed by atoms with Gasteiger partial charge in [-0.3, -0.25) is 0 Å². The molecule has 11 aromatic carbocycles. The lowest BCUT2D eigenvalue weighted by atomic mass is 9.92. The van der Waals surface area contributed by atoms with Gasteiger partial charge in [-0.25, -0.2) is 0 Å². The molecule has 0 aliphatic heterocycles. The molecule has 62 heavy (non-hydrogen) atoms. The number of nitrogens with zero attached hydrogens (tertiary/aromatic N) is 1. The molecule has 0 aliphatic carbocycles. The van der Waals surface area contributed by atoms with Crippen molar-refractivity contribution >= 4 is 71.3 Å². The standard InChI is InChI=1S/C60H39NO/c1-2-14-40(15-3-1)42-28-30-43(31-29-42)45-19-12-21-49(37-45)61(50-22-13-20-46(38-50)47-33-32-41-16-4-5-17-44(41)36-47)57-35-34-54(60-59(57)55-26-10-11-27-58(55)62-60)56-39-48-18-6-7-23-51(48)52-24-8-9-25-53(52)56/h1-39H. The minimum absolute atomic E-state index is 0.860. The Labute approximate surface area is 360 Å². The minimum Gasteiger partial charge on any atom is -0.455 e. The van der Waals surface area contributed by atoms with Crippen molar-refractivity contribution in [3.63, 3.8) is 0 Å². The van der Waals surface area contributed by atoms with E-state index in [1.54, 1.807) is 0 Å². The zero-order valence-electron chi connectivity index (χ0n) is 33.9. The summed E-state index contributed by atoms with van der Waals surface area (Å²) in [7, 11) is 0. The number of rotatable bonds is 7. The Morgan fingerprint density at radius 2 is 0.823 bits per heavy atom. The molecule has 0 spiro atoms. The Morgan fingerprint density at radius 1 is 0.290 bits per heavy atom. The molecule has 0 atom stereocenters. The number of benzene rings is 11. The van der Waals surface area contributed by atoms with Gasteiger partial charge in [0.2, 0.25) is 0 Å². The number of para-hydroxylation sites is 1. The van der Waals surface area contributed by atoms with E-state index in [4.69, 9.17) is 4.42 Å². The van der Waals surface area contributed by atoms with Crippen molar-refractivity contribution in [3.05, 3.63) is 237 Å². The summed E-state index contributed by atoms with van der Waals surface area (Å²) in [6.07, 6.45) is 0. The van der Waals surface area contributed by atoms with Gasteiger partial charge in [0.15, 0.2) is 0 Å². The van der Waals surface area contributed by atoms with Crippen LogP contribution >= 0.6 is 0 Å². The van der Waals surface area contributed by atoms with E-state index in [0.29, 0.717) is 0 Å². The predicted molar refractivity (Wildman–Crippen MR) is 263 cm³/mol.